The molecule has 104 valence electrons. The zero-order valence-corrected chi connectivity index (χ0v) is 10.8. The molecule has 1 aliphatic rings. The summed E-state index contributed by atoms with van der Waals surface area (Å²) in [6, 6.07) is 4.29. The summed E-state index contributed by atoms with van der Waals surface area (Å²) in [6.07, 6.45) is 1.82. The third kappa shape index (κ3) is 3.35. The lowest BCUT2D eigenvalue weighted by Gasteiger charge is -2.29. The Morgan fingerprint density at radius 1 is 1.47 bits per heavy atom. The van der Waals surface area contributed by atoms with Crippen LogP contribution in [0.15, 0.2) is 23.4 Å². The molecule has 1 saturated heterocycles. The first kappa shape index (κ1) is 13.6. The number of rotatable bonds is 3. The molecule has 1 aromatic rings. The van der Waals surface area contributed by atoms with E-state index in [1.807, 2.05) is 0 Å². The first-order chi connectivity index (χ1) is 9.10. The summed E-state index contributed by atoms with van der Waals surface area (Å²) in [5.41, 5.74) is 5.73. The average Bonchev–Trinajstić information content (AvgIpc) is 2.42. The lowest BCUT2D eigenvalue weighted by molar-refractivity contribution is 0.110. The molecule has 1 aromatic carbocycles. The highest BCUT2D eigenvalue weighted by atomic mass is 19.1. The number of hydrogen-bond donors (Lipinski definition) is 2. The molecule has 0 aliphatic carbocycles. The summed E-state index contributed by atoms with van der Waals surface area (Å²) in [4.78, 5) is 2.22. The molecule has 0 aromatic heterocycles. The predicted molar refractivity (Wildman–Crippen MR) is 70.1 cm³/mol. The van der Waals surface area contributed by atoms with E-state index in [1.165, 1.54) is 12.1 Å². The fourth-order valence-corrected chi connectivity index (χ4v) is 2.10. The average molecular weight is 267 g/mol. The van der Waals surface area contributed by atoms with Gasteiger partial charge in [-0.2, -0.15) is 0 Å². The van der Waals surface area contributed by atoms with Crippen LogP contribution in [-0.2, 0) is 0 Å². The van der Waals surface area contributed by atoms with Crippen LogP contribution in [0.25, 0.3) is 0 Å². The molecule has 19 heavy (non-hydrogen) atoms. The summed E-state index contributed by atoms with van der Waals surface area (Å²) in [6.45, 7) is 1.91. The van der Waals surface area contributed by atoms with Gasteiger partial charge < -0.3 is 20.6 Å². The molecule has 0 bridgehead atoms. The number of nitrogens with zero attached hydrogens (tertiary/aromatic N) is 2. The summed E-state index contributed by atoms with van der Waals surface area (Å²) < 4.78 is 19.5. The Morgan fingerprint density at radius 2 is 2.16 bits per heavy atom. The molecular weight excluding hydrogens is 249 g/mol. The Kier molecular flexibility index (Phi) is 4.21. The Balaban J connectivity index is 2.05. The van der Waals surface area contributed by atoms with Crippen LogP contribution in [0.4, 0.5) is 4.39 Å². The maximum atomic E-state index is 13.9. The van der Waals surface area contributed by atoms with Gasteiger partial charge in [-0.05, 0) is 38.1 Å². The molecule has 0 atom stereocenters. The maximum Gasteiger partial charge on any atom is 0.170 e. The van der Waals surface area contributed by atoms with E-state index in [-0.39, 0.29) is 17.7 Å². The monoisotopic (exact) mass is 267 g/mol. The van der Waals surface area contributed by atoms with Crippen LogP contribution >= 0.6 is 0 Å². The number of nitrogens with two attached hydrogens (primary N) is 1. The Labute approximate surface area is 111 Å². The van der Waals surface area contributed by atoms with Crippen molar-refractivity contribution in [2.45, 2.75) is 18.9 Å². The largest absolute Gasteiger partial charge is 0.487 e. The van der Waals surface area contributed by atoms with Gasteiger partial charge in [0.1, 0.15) is 6.10 Å². The van der Waals surface area contributed by atoms with Gasteiger partial charge in [0, 0.05) is 18.7 Å². The quantitative estimate of drug-likeness (QED) is 0.376. The molecule has 0 amide bonds. The summed E-state index contributed by atoms with van der Waals surface area (Å²) in [5.74, 6) is -0.406. The smallest absolute Gasteiger partial charge is 0.170 e. The van der Waals surface area contributed by atoms with Gasteiger partial charge in [-0.3, -0.25) is 0 Å². The van der Waals surface area contributed by atoms with Crippen molar-refractivity contribution in [1.82, 2.24) is 4.90 Å². The molecule has 1 heterocycles. The molecule has 5 nitrogen and oxygen atoms in total. The number of halogens is 1. The number of hydrogen-bond acceptors (Lipinski definition) is 4. The Morgan fingerprint density at radius 3 is 2.74 bits per heavy atom. The van der Waals surface area contributed by atoms with Crippen LogP contribution in [0, 0.1) is 5.82 Å². The van der Waals surface area contributed by atoms with Gasteiger partial charge in [0.05, 0.1) is 0 Å². The zero-order valence-electron chi connectivity index (χ0n) is 10.8. The van der Waals surface area contributed by atoms with Gasteiger partial charge >= 0.3 is 0 Å². The van der Waals surface area contributed by atoms with Gasteiger partial charge in [0.15, 0.2) is 17.4 Å². The molecule has 1 fully saturated rings. The second-order valence-electron chi connectivity index (χ2n) is 4.75. The van der Waals surface area contributed by atoms with Crippen LogP contribution in [0.1, 0.15) is 18.4 Å². The van der Waals surface area contributed by atoms with Crippen LogP contribution in [0.3, 0.4) is 0 Å². The fourth-order valence-electron chi connectivity index (χ4n) is 2.10. The van der Waals surface area contributed by atoms with Crippen molar-refractivity contribution in [3.63, 3.8) is 0 Å². The van der Waals surface area contributed by atoms with Crippen LogP contribution < -0.4 is 10.5 Å². The molecule has 6 heteroatoms. The number of likely N-dealkylation sites (tertiary alicyclic amines) is 1. The number of piperidine rings is 1. The highest BCUT2D eigenvalue weighted by Gasteiger charge is 2.19. The topological polar surface area (TPSA) is 71.1 Å². The predicted octanol–water partition coefficient (Wildman–Crippen LogP) is 1.39. The normalized spacial score (nSPS) is 18.5. The van der Waals surface area contributed by atoms with Gasteiger partial charge in [-0.15, -0.1) is 0 Å². The maximum absolute atomic E-state index is 13.9. The van der Waals surface area contributed by atoms with E-state index in [9.17, 15) is 4.39 Å². The van der Waals surface area contributed by atoms with E-state index in [2.05, 4.69) is 17.1 Å². The zero-order chi connectivity index (χ0) is 13.8. The van der Waals surface area contributed by atoms with E-state index in [4.69, 9.17) is 15.7 Å². The van der Waals surface area contributed by atoms with Crippen LogP contribution in [-0.4, -0.2) is 42.2 Å². The van der Waals surface area contributed by atoms with Crippen molar-refractivity contribution < 1.29 is 14.3 Å². The van der Waals surface area contributed by atoms with E-state index in [0.717, 1.165) is 25.9 Å². The minimum absolute atomic E-state index is 0.0420. The Hall–Kier alpha value is -1.82. The lowest BCUT2D eigenvalue weighted by atomic mass is 10.1. The number of amidine groups is 1. The van der Waals surface area contributed by atoms with Crippen LogP contribution in [0.2, 0.25) is 0 Å². The molecule has 3 N–H and O–H groups in total. The number of oxime groups is 1. The SMILES string of the molecule is CN1CCC(Oc2ccc(/C(N)=N/O)cc2F)CC1. The first-order valence-electron chi connectivity index (χ1n) is 6.23. The highest BCUT2D eigenvalue weighted by molar-refractivity contribution is 5.97. The second kappa shape index (κ2) is 5.88. The minimum Gasteiger partial charge on any atom is -0.487 e. The standard InChI is InChI=1S/C13H18FN3O2/c1-17-6-4-10(5-7-17)19-12-3-2-9(8-11(12)14)13(15)16-18/h2-3,8,10,18H,4-7H2,1H3,(H2,15,16). The van der Waals surface area contributed by atoms with Gasteiger partial charge in [-0.1, -0.05) is 5.16 Å². The molecular formula is C13H18FN3O2. The van der Waals surface area contributed by atoms with Gasteiger partial charge in [0.25, 0.3) is 0 Å². The lowest BCUT2D eigenvalue weighted by Crippen LogP contribution is -2.35. The van der Waals surface area contributed by atoms with E-state index in [0.29, 0.717) is 5.56 Å². The molecule has 0 radical (unpaired) electrons. The number of ether oxygens (including phenoxy) is 1. The Bertz CT molecular complexity index is 471. The van der Waals surface area contributed by atoms with Gasteiger partial charge in [0.2, 0.25) is 0 Å². The molecule has 1 aliphatic heterocycles. The van der Waals surface area contributed by atoms with Crippen molar-refractivity contribution in [2.75, 3.05) is 20.1 Å². The third-order valence-electron chi connectivity index (χ3n) is 3.29. The molecule has 0 unspecified atom stereocenters. The van der Waals surface area contributed by atoms with Crippen molar-refractivity contribution in [3.8, 4) is 5.75 Å². The van der Waals surface area contributed by atoms with Crippen molar-refractivity contribution >= 4 is 5.84 Å². The summed E-state index contributed by atoms with van der Waals surface area (Å²) in [5, 5.41) is 11.4. The molecule has 0 spiro atoms. The van der Waals surface area contributed by atoms with E-state index >= 15 is 0 Å². The minimum atomic E-state index is -0.497. The second-order valence-corrected chi connectivity index (χ2v) is 4.75. The summed E-state index contributed by atoms with van der Waals surface area (Å²) >= 11 is 0. The van der Waals surface area contributed by atoms with Crippen molar-refractivity contribution in [3.05, 3.63) is 29.6 Å². The highest BCUT2D eigenvalue weighted by Crippen LogP contribution is 2.22. The molecule has 0 saturated carbocycles. The molecule has 2 rings (SSSR count). The fraction of sp³-hybridized carbons (Fsp3) is 0.462. The van der Waals surface area contributed by atoms with E-state index in [1.54, 1.807) is 6.07 Å². The third-order valence-corrected chi connectivity index (χ3v) is 3.29. The van der Waals surface area contributed by atoms with Crippen LogP contribution in [0.5, 0.6) is 5.75 Å². The first-order valence-corrected chi connectivity index (χ1v) is 6.23. The van der Waals surface area contributed by atoms with Crippen molar-refractivity contribution in [1.29, 1.82) is 0 Å². The summed E-state index contributed by atoms with van der Waals surface area (Å²) in [7, 11) is 2.06. The van der Waals surface area contributed by atoms with Crippen molar-refractivity contribution in [2.24, 2.45) is 10.9 Å². The van der Waals surface area contributed by atoms with Gasteiger partial charge in [-0.25, -0.2) is 4.39 Å². The number of benzene rings is 1. The van der Waals surface area contributed by atoms with E-state index < -0.39 is 5.82 Å².